The Morgan fingerprint density at radius 2 is 1.64 bits per heavy atom. The number of anilines is 1. The molecule has 144 valence electrons. The zero-order valence-corrected chi connectivity index (χ0v) is 16.7. The van der Waals surface area contributed by atoms with Crippen molar-refractivity contribution in [2.24, 2.45) is 0 Å². The largest absolute Gasteiger partial charge is 0.368 e. The van der Waals surface area contributed by atoms with Gasteiger partial charge in [-0.25, -0.2) is 4.98 Å². The lowest BCUT2D eigenvalue weighted by Gasteiger charge is -2.36. The highest BCUT2D eigenvalue weighted by atomic mass is 16.2. The second kappa shape index (κ2) is 7.50. The van der Waals surface area contributed by atoms with Crippen molar-refractivity contribution in [1.29, 1.82) is 0 Å². The van der Waals surface area contributed by atoms with Crippen molar-refractivity contribution in [3.05, 3.63) is 77.2 Å². The number of hydrogen-bond acceptors (Lipinski definition) is 3. The summed E-state index contributed by atoms with van der Waals surface area (Å²) in [5.41, 5.74) is 5.23. The number of aromatic nitrogens is 2. The van der Waals surface area contributed by atoms with E-state index in [0.29, 0.717) is 0 Å². The van der Waals surface area contributed by atoms with Crippen LogP contribution in [-0.4, -0.2) is 46.5 Å². The molecular weight excluding hydrogens is 348 g/mol. The predicted molar refractivity (Wildman–Crippen MR) is 112 cm³/mol. The molecule has 0 bridgehead atoms. The van der Waals surface area contributed by atoms with Gasteiger partial charge in [0.1, 0.15) is 5.82 Å². The van der Waals surface area contributed by atoms with E-state index in [9.17, 15) is 4.79 Å². The van der Waals surface area contributed by atoms with Gasteiger partial charge in [0.2, 0.25) is 0 Å². The van der Waals surface area contributed by atoms with Gasteiger partial charge in [-0.05, 0) is 51.1 Å². The van der Waals surface area contributed by atoms with Crippen LogP contribution in [0, 0.1) is 20.8 Å². The summed E-state index contributed by atoms with van der Waals surface area (Å²) in [6.07, 6.45) is 1.78. The summed E-state index contributed by atoms with van der Waals surface area (Å²) in [5, 5.41) is 0. The average Bonchev–Trinajstić information content (AvgIpc) is 3.03. The third-order valence-corrected chi connectivity index (χ3v) is 5.51. The zero-order chi connectivity index (χ0) is 19.7. The van der Waals surface area contributed by atoms with Crippen LogP contribution in [0.5, 0.6) is 0 Å². The Kier molecular flexibility index (Phi) is 4.90. The number of rotatable bonds is 3. The lowest BCUT2D eigenvalue weighted by Crippen LogP contribution is -2.48. The van der Waals surface area contributed by atoms with E-state index in [-0.39, 0.29) is 5.91 Å². The van der Waals surface area contributed by atoms with Gasteiger partial charge in [-0.15, -0.1) is 0 Å². The van der Waals surface area contributed by atoms with Gasteiger partial charge in [0.15, 0.2) is 0 Å². The van der Waals surface area contributed by atoms with Gasteiger partial charge >= 0.3 is 0 Å². The monoisotopic (exact) mass is 374 g/mol. The van der Waals surface area contributed by atoms with E-state index < -0.39 is 0 Å². The first kappa shape index (κ1) is 18.3. The molecule has 5 heteroatoms. The molecule has 0 aliphatic carbocycles. The Hall–Kier alpha value is -3.08. The zero-order valence-electron chi connectivity index (χ0n) is 16.7. The van der Waals surface area contributed by atoms with Crippen LogP contribution in [0.3, 0.4) is 0 Å². The highest BCUT2D eigenvalue weighted by Gasteiger charge is 2.25. The summed E-state index contributed by atoms with van der Waals surface area (Å²) in [4.78, 5) is 21.9. The van der Waals surface area contributed by atoms with E-state index in [1.165, 1.54) is 11.3 Å². The highest BCUT2D eigenvalue weighted by molar-refractivity contribution is 5.96. The molecule has 5 nitrogen and oxygen atoms in total. The number of hydrogen-bond donors (Lipinski definition) is 0. The molecule has 0 atom stereocenters. The van der Waals surface area contributed by atoms with E-state index in [0.717, 1.165) is 48.9 Å². The topological polar surface area (TPSA) is 41.4 Å². The van der Waals surface area contributed by atoms with Crippen molar-refractivity contribution in [1.82, 2.24) is 14.5 Å². The Bertz CT molecular complexity index is 968. The summed E-state index contributed by atoms with van der Waals surface area (Å²) in [6, 6.07) is 16.4. The van der Waals surface area contributed by atoms with Gasteiger partial charge in [-0.1, -0.05) is 23.8 Å². The summed E-state index contributed by atoms with van der Waals surface area (Å²) < 4.78 is 2.05. The normalized spacial score (nSPS) is 14.4. The SMILES string of the molecule is Cc1ccc(N2CCN(C(=O)c3cc(C)n(-c4ccccn4)c3C)CC2)cc1. The molecule has 1 amide bonds. The molecule has 0 N–H and O–H groups in total. The van der Waals surface area contributed by atoms with Crippen molar-refractivity contribution < 1.29 is 4.79 Å². The third-order valence-electron chi connectivity index (χ3n) is 5.51. The molecule has 1 aromatic carbocycles. The van der Waals surface area contributed by atoms with Gasteiger partial charge in [-0.2, -0.15) is 0 Å². The predicted octanol–water partition coefficient (Wildman–Crippen LogP) is 3.76. The van der Waals surface area contributed by atoms with Crippen molar-refractivity contribution in [3.8, 4) is 5.82 Å². The molecule has 4 rings (SSSR count). The lowest BCUT2D eigenvalue weighted by molar-refractivity contribution is 0.0746. The number of benzene rings is 1. The Morgan fingerprint density at radius 3 is 2.29 bits per heavy atom. The average molecular weight is 374 g/mol. The molecule has 1 fully saturated rings. The van der Waals surface area contributed by atoms with Crippen LogP contribution < -0.4 is 4.90 Å². The number of carbonyl (C=O) groups is 1. The number of nitrogens with zero attached hydrogens (tertiary/aromatic N) is 4. The fourth-order valence-corrected chi connectivity index (χ4v) is 3.91. The third kappa shape index (κ3) is 3.40. The molecular formula is C23H26N4O. The first-order valence-corrected chi connectivity index (χ1v) is 9.76. The molecule has 1 aliphatic rings. The maximum absolute atomic E-state index is 13.2. The Morgan fingerprint density at radius 1 is 0.929 bits per heavy atom. The maximum atomic E-state index is 13.2. The van der Waals surface area contributed by atoms with Crippen LogP contribution in [-0.2, 0) is 0 Å². The number of carbonyl (C=O) groups excluding carboxylic acids is 1. The number of pyridine rings is 1. The molecule has 28 heavy (non-hydrogen) atoms. The van der Waals surface area contributed by atoms with E-state index in [1.807, 2.05) is 43.0 Å². The minimum atomic E-state index is 0.110. The molecule has 0 saturated carbocycles. The molecule has 3 heterocycles. The van der Waals surface area contributed by atoms with E-state index in [2.05, 4.69) is 45.6 Å². The highest BCUT2D eigenvalue weighted by Crippen LogP contribution is 2.23. The maximum Gasteiger partial charge on any atom is 0.255 e. The van der Waals surface area contributed by atoms with E-state index in [1.54, 1.807) is 6.20 Å². The van der Waals surface area contributed by atoms with Gasteiger partial charge in [-0.3, -0.25) is 4.79 Å². The minimum absolute atomic E-state index is 0.110. The lowest BCUT2D eigenvalue weighted by atomic mass is 10.1. The van der Waals surface area contributed by atoms with Crippen molar-refractivity contribution in [2.75, 3.05) is 31.1 Å². The molecule has 1 saturated heterocycles. The number of amides is 1. The van der Waals surface area contributed by atoms with Crippen LogP contribution in [0.1, 0.15) is 27.3 Å². The molecule has 0 spiro atoms. The fourth-order valence-electron chi connectivity index (χ4n) is 3.91. The van der Waals surface area contributed by atoms with Crippen molar-refractivity contribution in [2.45, 2.75) is 20.8 Å². The van der Waals surface area contributed by atoms with Crippen LogP contribution in [0.25, 0.3) is 5.82 Å². The van der Waals surface area contributed by atoms with Crippen molar-refractivity contribution in [3.63, 3.8) is 0 Å². The van der Waals surface area contributed by atoms with Crippen LogP contribution in [0.2, 0.25) is 0 Å². The van der Waals surface area contributed by atoms with Gasteiger partial charge in [0.05, 0.1) is 5.56 Å². The first-order valence-electron chi connectivity index (χ1n) is 9.76. The summed E-state index contributed by atoms with van der Waals surface area (Å²) in [5.74, 6) is 0.958. The van der Waals surface area contributed by atoms with E-state index in [4.69, 9.17) is 0 Å². The van der Waals surface area contributed by atoms with Gasteiger partial charge < -0.3 is 14.4 Å². The Labute approximate surface area is 166 Å². The summed E-state index contributed by atoms with van der Waals surface area (Å²) in [7, 11) is 0. The quantitative estimate of drug-likeness (QED) is 0.701. The number of piperazine rings is 1. The molecule has 1 aliphatic heterocycles. The second-order valence-corrected chi connectivity index (χ2v) is 7.42. The second-order valence-electron chi connectivity index (χ2n) is 7.42. The first-order chi connectivity index (χ1) is 13.5. The Balaban J connectivity index is 1.50. The molecule has 3 aromatic rings. The minimum Gasteiger partial charge on any atom is -0.368 e. The van der Waals surface area contributed by atoms with E-state index >= 15 is 0 Å². The van der Waals surface area contributed by atoms with Crippen LogP contribution in [0.15, 0.2) is 54.7 Å². The molecule has 2 aromatic heterocycles. The van der Waals surface area contributed by atoms with Gasteiger partial charge in [0, 0.05) is 49.5 Å². The molecule has 0 unspecified atom stereocenters. The number of aryl methyl sites for hydroxylation is 2. The summed E-state index contributed by atoms with van der Waals surface area (Å²) in [6.45, 7) is 9.30. The fraction of sp³-hybridized carbons (Fsp3) is 0.304. The smallest absolute Gasteiger partial charge is 0.255 e. The standard InChI is InChI=1S/C23H26N4O/c1-17-7-9-20(10-8-17)25-12-14-26(15-13-25)23(28)21-16-18(2)27(19(21)3)22-6-4-5-11-24-22/h4-11,16H,12-15H2,1-3H3. The van der Waals surface area contributed by atoms with Crippen LogP contribution >= 0.6 is 0 Å². The summed E-state index contributed by atoms with van der Waals surface area (Å²) >= 11 is 0. The van der Waals surface area contributed by atoms with Crippen molar-refractivity contribution >= 4 is 11.6 Å². The van der Waals surface area contributed by atoms with Crippen LogP contribution in [0.4, 0.5) is 5.69 Å². The van der Waals surface area contributed by atoms with Gasteiger partial charge in [0.25, 0.3) is 5.91 Å². The molecule has 0 radical (unpaired) electrons.